The van der Waals surface area contributed by atoms with Crippen molar-refractivity contribution >= 4 is 73.2 Å². The Morgan fingerprint density at radius 2 is 1.69 bits per heavy atom. The van der Waals surface area contributed by atoms with Crippen LogP contribution in [-0.2, 0) is 15.3 Å². The van der Waals surface area contributed by atoms with Crippen LogP contribution in [0.3, 0.4) is 0 Å². The first kappa shape index (κ1) is 24.7. The lowest BCUT2D eigenvalue weighted by atomic mass is 9.95. The van der Waals surface area contributed by atoms with Crippen LogP contribution in [0.1, 0.15) is 22.7 Å². The van der Waals surface area contributed by atoms with Gasteiger partial charge >= 0.3 is 5.91 Å². The average molecular weight is 599 g/mol. The lowest BCUT2D eigenvalue weighted by Crippen LogP contribution is -2.29. The molecule has 1 unspecified atom stereocenters. The summed E-state index contributed by atoms with van der Waals surface area (Å²) >= 11 is 12.1. The Bertz CT molecular complexity index is 1460. The van der Waals surface area contributed by atoms with E-state index in [0.29, 0.717) is 26.2 Å². The summed E-state index contributed by atoms with van der Waals surface area (Å²) in [5, 5.41) is 20.5. The Balaban J connectivity index is 1.52. The molecule has 1 amide bonds. The molecule has 180 valence electrons. The van der Waals surface area contributed by atoms with E-state index in [1.165, 1.54) is 28.0 Å². The molecule has 1 saturated heterocycles. The van der Waals surface area contributed by atoms with E-state index >= 15 is 0 Å². The van der Waals surface area contributed by atoms with Gasteiger partial charge in [-0.15, -0.1) is 10.2 Å². The fourth-order valence-electron chi connectivity index (χ4n) is 3.83. The zero-order chi connectivity index (χ0) is 25.2. The first-order valence-electron chi connectivity index (χ1n) is 10.7. The number of hydrogen-bond donors (Lipinski definition) is 1. The van der Waals surface area contributed by atoms with Gasteiger partial charge in [0.25, 0.3) is 5.78 Å². The zero-order valence-corrected chi connectivity index (χ0v) is 22.4. The minimum atomic E-state index is -0.847. The van der Waals surface area contributed by atoms with Gasteiger partial charge in [0, 0.05) is 20.8 Å². The molecule has 1 fully saturated rings. The topological polar surface area (TPSA) is 83.4 Å². The summed E-state index contributed by atoms with van der Waals surface area (Å²) in [6.07, 6.45) is 0. The lowest BCUT2D eigenvalue weighted by Gasteiger charge is -2.22. The normalized spacial score (nSPS) is 17.1. The number of halogens is 2. The van der Waals surface area contributed by atoms with Gasteiger partial charge in [0.1, 0.15) is 5.76 Å². The third-order valence-corrected chi connectivity index (χ3v) is 8.46. The summed E-state index contributed by atoms with van der Waals surface area (Å²) < 4.78 is 1.50. The fourth-order valence-corrected chi connectivity index (χ4v) is 6.04. The maximum Gasteiger partial charge on any atom is 0.301 e. The molecule has 4 aromatic rings. The third kappa shape index (κ3) is 4.97. The van der Waals surface area contributed by atoms with Gasteiger partial charge in [-0.1, -0.05) is 105 Å². The summed E-state index contributed by atoms with van der Waals surface area (Å²) in [4.78, 5) is 27.8. The molecular formula is C26H17BrClN3O3S2. The maximum absolute atomic E-state index is 13.3. The minimum Gasteiger partial charge on any atom is -0.507 e. The quantitative estimate of drug-likeness (QED) is 0.0857. The van der Waals surface area contributed by atoms with Gasteiger partial charge in [-0.25, -0.2) is 0 Å². The van der Waals surface area contributed by atoms with Crippen molar-refractivity contribution in [1.82, 2.24) is 10.2 Å². The standard InChI is InChI=1S/C26H17BrClN3O3S2/c27-18-10-8-16(9-11-18)21-20(22(32)17-4-2-1-3-5-17)23(33)24(34)31(21)25-29-30-26(36-25)35-14-15-6-12-19(28)13-7-15/h1-13,21,32H,14H2/b22-20-. The molecular weight excluding hydrogens is 582 g/mol. The van der Waals surface area contributed by atoms with E-state index in [-0.39, 0.29) is 16.5 Å². The van der Waals surface area contributed by atoms with Crippen LogP contribution in [0.4, 0.5) is 5.13 Å². The Hall–Kier alpha value is -2.98. The second kappa shape index (κ2) is 10.6. The molecule has 10 heteroatoms. The number of carbonyl (C=O) groups is 2. The first-order chi connectivity index (χ1) is 17.4. The zero-order valence-electron chi connectivity index (χ0n) is 18.5. The van der Waals surface area contributed by atoms with Gasteiger partial charge in [-0.2, -0.15) is 0 Å². The second-order valence-electron chi connectivity index (χ2n) is 7.85. The largest absolute Gasteiger partial charge is 0.507 e. The average Bonchev–Trinajstić information content (AvgIpc) is 3.46. The van der Waals surface area contributed by atoms with E-state index in [0.717, 1.165) is 10.0 Å². The number of aromatic nitrogens is 2. The molecule has 3 aromatic carbocycles. The number of aliphatic hydroxyl groups is 1. The Morgan fingerprint density at radius 1 is 1.00 bits per heavy atom. The maximum atomic E-state index is 13.3. The van der Waals surface area contributed by atoms with Crippen molar-refractivity contribution in [1.29, 1.82) is 0 Å². The highest BCUT2D eigenvalue weighted by Gasteiger charge is 2.48. The van der Waals surface area contributed by atoms with Crippen molar-refractivity contribution in [2.45, 2.75) is 16.1 Å². The van der Waals surface area contributed by atoms with Crippen LogP contribution in [-0.4, -0.2) is 27.0 Å². The van der Waals surface area contributed by atoms with Crippen molar-refractivity contribution in [2.24, 2.45) is 0 Å². The van der Waals surface area contributed by atoms with Crippen LogP contribution >= 0.6 is 50.6 Å². The molecule has 0 bridgehead atoms. The number of nitrogens with zero attached hydrogens (tertiary/aromatic N) is 3. The highest BCUT2D eigenvalue weighted by atomic mass is 79.9. The molecule has 5 rings (SSSR count). The van der Waals surface area contributed by atoms with Gasteiger partial charge in [0.15, 0.2) is 4.34 Å². The third-order valence-electron chi connectivity index (χ3n) is 5.55. The van der Waals surface area contributed by atoms with E-state index < -0.39 is 17.7 Å². The van der Waals surface area contributed by atoms with E-state index in [1.54, 1.807) is 24.3 Å². The summed E-state index contributed by atoms with van der Waals surface area (Å²) in [5.74, 6) is -1.11. The van der Waals surface area contributed by atoms with E-state index in [1.807, 2.05) is 54.6 Å². The number of anilines is 1. The number of amides is 1. The molecule has 36 heavy (non-hydrogen) atoms. The summed E-state index contributed by atoms with van der Waals surface area (Å²) in [5.41, 5.74) is 2.20. The minimum absolute atomic E-state index is 0.0130. The number of ketones is 1. The first-order valence-corrected chi connectivity index (χ1v) is 13.7. The predicted octanol–water partition coefficient (Wildman–Crippen LogP) is 6.87. The lowest BCUT2D eigenvalue weighted by molar-refractivity contribution is -0.132. The number of Topliss-reactive ketones (excluding diaryl/α,β-unsaturated/α-hetero) is 1. The predicted molar refractivity (Wildman–Crippen MR) is 146 cm³/mol. The highest BCUT2D eigenvalue weighted by molar-refractivity contribution is 9.10. The van der Waals surface area contributed by atoms with Gasteiger partial charge in [0.05, 0.1) is 11.6 Å². The number of rotatable bonds is 6. The van der Waals surface area contributed by atoms with Crippen molar-refractivity contribution in [2.75, 3.05) is 4.90 Å². The molecule has 0 aliphatic carbocycles. The SMILES string of the molecule is O=C1C(=O)N(c2nnc(SCc3ccc(Cl)cc3)s2)C(c2ccc(Br)cc2)/C1=C(/O)c1ccccc1. The number of benzene rings is 3. The van der Waals surface area contributed by atoms with E-state index in [2.05, 4.69) is 26.1 Å². The Morgan fingerprint density at radius 3 is 2.39 bits per heavy atom. The van der Waals surface area contributed by atoms with Gasteiger partial charge in [-0.3, -0.25) is 14.5 Å². The molecule has 0 saturated carbocycles. The monoisotopic (exact) mass is 597 g/mol. The molecule has 0 radical (unpaired) electrons. The second-order valence-corrected chi connectivity index (χ2v) is 11.4. The highest BCUT2D eigenvalue weighted by Crippen LogP contribution is 2.44. The smallest absolute Gasteiger partial charge is 0.301 e. The van der Waals surface area contributed by atoms with Crippen molar-refractivity contribution < 1.29 is 14.7 Å². The number of carbonyl (C=O) groups excluding carboxylic acids is 2. The van der Waals surface area contributed by atoms with E-state index in [9.17, 15) is 14.7 Å². The molecule has 2 heterocycles. The summed E-state index contributed by atoms with van der Waals surface area (Å²) in [6, 6.07) is 22.7. The van der Waals surface area contributed by atoms with Crippen LogP contribution in [0.2, 0.25) is 5.02 Å². The van der Waals surface area contributed by atoms with Crippen LogP contribution < -0.4 is 4.90 Å². The molecule has 6 nitrogen and oxygen atoms in total. The molecule has 1 N–H and O–H groups in total. The van der Waals surface area contributed by atoms with Crippen LogP contribution in [0, 0.1) is 0 Å². The molecule has 1 atom stereocenters. The molecule has 0 spiro atoms. The van der Waals surface area contributed by atoms with Crippen LogP contribution in [0.15, 0.2) is 93.2 Å². The molecule has 1 aromatic heterocycles. The summed E-state index contributed by atoms with van der Waals surface area (Å²) in [6.45, 7) is 0. The van der Waals surface area contributed by atoms with Gasteiger partial charge < -0.3 is 5.11 Å². The number of aliphatic hydroxyl groups excluding tert-OH is 1. The fraction of sp³-hybridized carbons (Fsp3) is 0.0769. The van der Waals surface area contributed by atoms with Crippen LogP contribution in [0.25, 0.3) is 5.76 Å². The van der Waals surface area contributed by atoms with Gasteiger partial charge in [0.2, 0.25) is 5.13 Å². The molecule has 1 aliphatic rings. The van der Waals surface area contributed by atoms with Gasteiger partial charge in [-0.05, 0) is 35.4 Å². The summed E-state index contributed by atoms with van der Waals surface area (Å²) in [7, 11) is 0. The van der Waals surface area contributed by atoms with Crippen molar-refractivity contribution in [3.8, 4) is 0 Å². The number of thioether (sulfide) groups is 1. The Labute approximate surface area is 228 Å². The van der Waals surface area contributed by atoms with Crippen molar-refractivity contribution in [3.63, 3.8) is 0 Å². The van der Waals surface area contributed by atoms with Crippen LogP contribution in [0.5, 0.6) is 0 Å². The van der Waals surface area contributed by atoms with E-state index in [4.69, 9.17) is 11.6 Å². The number of hydrogen-bond acceptors (Lipinski definition) is 7. The Kier molecular flexibility index (Phi) is 7.25. The molecule has 1 aliphatic heterocycles. The van der Waals surface area contributed by atoms with Crippen molar-refractivity contribution in [3.05, 3.63) is 111 Å².